The maximum Gasteiger partial charge on any atom is 0.407 e. The van der Waals surface area contributed by atoms with Crippen LogP contribution in [-0.4, -0.2) is 53.3 Å². The van der Waals surface area contributed by atoms with Crippen LogP contribution in [0.1, 0.15) is 45.8 Å². The third kappa shape index (κ3) is 7.13. The molecule has 8 nitrogen and oxygen atoms in total. The highest BCUT2D eigenvalue weighted by atomic mass is 16.6. The monoisotopic (exact) mass is 352 g/mol. The van der Waals surface area contributed by atoms with Crippen molar-refractivity contribution in [3.8, 4) is 0 Å². The number of carbonyl (C=O) groups is 2. The highest BCUT2D eigenvalue weighted by Gasteiger charge is 2.23. The number of nitrogens with zero attached hydrogens (tertiary/aromatic N) is 2. The number of ether oxygens (including phenoxy) is 1. The molecular formula is C17H28N4O4. The zero-order valence-electron chi connectivity index (χ0n) is 15.4. The number of carbonyl (C=O) groups excluding carboxylic acids is 2. The van der Waals surface area contributed by atoms with Crippen LogP contribution in [0.3, 0.4) is 0 Å². The number of piperidine rings is 1. The molecular weight excluding hydrogens is 324 g/mol. The molecule has 0 unspecified atom stereocenters. The van der Waals surface area contributed by atoms with E-state index in [1.807, 2.05) is 20.8 Å². The van der Waals surface area contributed by atoms with Crippen LogP contribution in [0.15, 0.2) is 10.6 Å². The number of aromatic nitrogens is 1. The predicted molar refractivity (Wildman–Crippen MR) is 93.3 cm³/mol. The van der Waals surface area contributed by atoms with Crippen LogP contribution in [0.2, 0.25) is 0 Å². The Morgan fingerprint density at radius 1 is 1.36 bits per heavy atom. The lowest BCUT2D eigenvalue weighted by molar-refractivity contribution is -0.116. The van der Waals surface area contributed by atoms with Crippen LogP contribution in [0.4, 0.5) is 10.6 Å². The Morgan fingerprint density at radius 3 is 2.60 bits per heavy atom. The first kappa shape index (κ1) is 19.2. The fourth-order valence-electron chi connectivity index (χ4n) is 2.67. The van der Waals surface area contributed by atoms with Crippen molar-refractivity contribution in [3.05, 3.63) is 11.8 Å². The van der Waals surface area contributed by atoms with Crippen molar-refractivity contribution >= 4 is 17.8 Å². The van der Waals surface area contributed by atoms with Gasteiger partial charge in [-0.25, -0.2) is 4.79 Å². The van der Waals surface area contributed by atoms with E-state index in [0.717, 1.165) is 25.9 Å². The van der Waals surface area contributed by atoms with Crippen LogP contribution < -0.4 is 10.6 Å². The second-order valence-electron chi connectivity index (χ2n) is 7.38. The van der Waals surface area contributed by atoms with Crippen molar-refractivity contribution in [2.75, 3.05) is 25.0 Å². The molecule has 0 aliphatic carbocycles. The summed E-state index contributed by atoms with van der Waals surface area (Å²) in [6, 6.07) is 1.81. The van der Waals surface area contributed by atoms with Crippen molar-refractivity contribution in [1.29, 1.82) is 0 Å². The second-order valence-corrected chi connectivity index (χ2v) is 7.38. The Balaban J connectivity index is 1.63. The molecule has 2 amide bonds. The van der Waals surface area contributed by atoms with Crippen LogP contribution in [-0.2, 0) is 9.53 Å². The summed E-state index contributed by atoms with van der Waals surface area (Å²) in [6.07, 6.45) is 1.73. The van der Waals surface area contributed by atoms with Crippen LogP contribution in [0.5, 0.6) is 0 Å². The molecule has 25 heavy (non-hydrogen) atoms. The Hall–Kier alpha value is -2.09. The van der Waals surface area contributed by atoms with Gasteiger partial charge in [-0.2, -0.15) is 0 Å². The number of alkyl carbamates (subject to hydrolysis) is 1. The van der Waals surface area contributed by atoms with Gasteiger partial charge in [0.2, 0.25) is 5.91 Å². The summed E-state index contributed by atoms with van der Waals surface area (Å²) in [5.41, 5.74) is -0.486. The molecule has 0 atom stereocenters. The van der Waals surface area contributed by atoms with Crippen LogP contribution in [0, 0.1) is 6.92 Å². The van der Waals surface area contributed by atoms with Crippen LogP contribution in [0.25, 0.3) is 0 Å². The average Bonchev–Trinajstić information content (AvgIpc) is 2.89. The maximum atomic E-state index is 11.9. The third-order valence-corrected chi connectivity index (χ3v) is 3.86. The molecule has 8 heteroatoms. The molecule has 1 saturated heterocycles. The lowest BCUT2D eigenvalue weighted by atomic mass is 10.1. The first-order chi connectivity index (χ1) is 11.7. The fraction of sp³-hybridized carbons (Fsp3) is 0.706. The predicted octanol–water partition coefficient (Wildman–Crippen LogP) is 2.30. The molecule has 1 aromatic rings. The van der Waals surface area contributed by atoms with Gasteiger partial charge in [-0.05, 0) is 40.5 Å². The van der Waals surface area contributed by atoms with Gasteiger partial charge in [-0.1, -0.05) is 5.16 Å². The molecule has 1 fully saturated rings. The van der Waals surface area contributed by atoms with Crippen molar-refractivity contribution in [3.63, 3.8) is 0 Å². The number of rotatable bonds is 5. The largest absolute Gasteiger partial charge is 0.444 e. The Morgan fingerprint density at radius 2 is 2.04 bits per heavy atom. The van der Waals surface area contributed by atoms with E-state index in [1.165, 1.54) is 0 Å². The first-order valence-corrected chi connectivity index (χ1v) is 8.66. The van der Waals surface area contributed by atoms with Crippen molar-refractivity contribution in [1.82, 2.24) is 15.4 Å². The zero-order chi connectivity index (χ0) is 18.4. The Bertz CT molecular complexity index is 586. The fourth-order valence-corrected chi connectivity index (χ4v) is 2.67. The van der Waals surface area contributed by atoms with Gasteiger partial charge >= 0.3 is 6.09 Å². The van der Waals surface area contributed by atoms with Gasteiger partial charge in [0.15, 0.2) is 5.82 Å². The summed E-state index contributed by atoms with van der Waals surface area (Å²) in [7, 11) is 0. The molecule has 0 saturated carbocycles. The van der Waals surface area contributed by atoms with Gasteiger partial charge in [-0.3, -0.25) is 4.79 Å². The number of anilines is 1. The maximum absolute atomic E-state index is 11.9. The molecule has 0 bridgehead atoms. The minimum absolute atomic E-state index is 0.0812. The van der Waals surface area contributed by atoms with E-state index in [4.69, 9.17) is 9.26 Å². The van der Waals surface area contributed by atoms with E-state index in [-0.39, 0.29) is 18.0 Å². The van der Waals surface area contributed by atoms with E-state index >= 15 is 0 Å². The number of likely N-dealkylation sites (tertiary alicyclic amines) is 1. The number of nitrogens with one attached hydrogen (secondary N) is 2. The summed E-state index contributed by atoms with van der Waals surface area (Å²) in [5.74, 6) is 1.03. The van der Waals surface area contributed by atoms with E-state index in [2.05, 4.69) is 20.7 Å². The molecule has 2 rings (SSSR count). The van der Waals surface area contributed by atoms with E-state index in [0.29, 0.717) is 24.5 Å². The summed E-state index contributed by atoms with van der Waals surface area (Å²) >= 11 is 0. The van der Waals surface area contributed by atoms with E-state index < -0.39 is 5.60 Å². The minimum Gasteiger partial charge on any atom is -0.444 e. The van der Waals surface area contributed by atoms with Gasteiger partial charge in [0.05, 0.1) is 0 Å². The highest BCUT2D eigenvalue weighted by molar-refractivity contribution is 5.89. The van der Waals surface area contributed by atoms with E-state index in [1.54, 1.807) is 13.0 Å². The topological polar surface area (TPSA) is 96.7 Å². The van der Waals surface area contributed by atoms with Crippen molar-refractivity contribution < 1.29 is 18.8 Å². The summed E-state index contributed by atoms with van der Waals surface area (Å²) in [4.78, 5) is 25.9. The second kappa shape index (κ2) is 8.33. The molecule has 2 N–H and O–H groups in total. The van der Waals surface area contributed by atoms with Crippen molar-refractivity contribution in [2.24, 2.45) is 0 Å². The lowest BCUT2D eigenvalue weighted by Gasteiger charge is -2.32. The average molecular weight is 352 g/mol. The van der Waals surface area contributed by atoms with Gasteiger partial charge < -0.3 is 24.8 Å². The Kier molecular flexibility index (Phi) is 6.41. The number of hydrogen-bond donors (Lipinski definition) is 2. The molecule has 0 spiro atoms. The molecule has 0 aromatic carbocycles. The van der Waals surface area contributed by atoms with E-state index in [9.17, 15) is 9.59 Å². The standard InChI is InChI=1S/C17H28N4O4/c1-12-11-14(20-25-12)19-15(22)7-10-21-8-5-13(6-9-21)18-16(23)24-17(2,3)4/h11,13H,5-10H2,1-4H3,(H,18,23)(H,19,20,22). The molecule has 1 aromatic heterocycles. The normalized spacial score (nSPS) is 16.5. The summed E-state index contributed by atoms with van der Waals surface area (Å²) in [5, 5.41) is 9.37. The summed E-state index contributed by atoms with van der Waals surface area (Å²) in [6.45, 7) is 9.69. The van der Waals surface area contributed by atoms with Gasteiger partial charge in [0.1, 0.15) is 11.4 Å². The smallest absolute Gasteiger partial charge is 0.407 e. The highest BCUT2D eigenvalue weighted by Crippen LogP contribution is 2.13. The minimum atomic E-state index is -0.486. The summed E-state index contributed by atoms with van der Waals surface area (Å²) < 4.78 is 10.2. The number of amides is 2. The number of aryl methyl sites for hydroxylation is 1. The Labute approximate surface area is 148 Å². The van der Waals surface area contributed by atoms with Crippen molar-refractivity contribution in [2.45, 2.75) is 58.6 Å². The molecule has 1 aliphatic rings. The third-order valence-electron chi connectivity index (χ3n) is 3.86. The molecule has 2 heterocycles. The molecule has 0 radical (unpaired) electrons. The number of hydrogen-bond acceptors (Lipinski definition) is 6. The SMILES string of the molecule is Cc1cc(NC(=O)CCN2CCC(NC(=O)OC(C)(C)C)CC2)no1. The van der Waals surface area contributed by atoms with Crippen LogP contribution >= 0.6 is 0 Å². The zero-order valence-corrected chi connectivity index (χ0v) is 15.4. The first-order valence-electron chi connectivity index (χ1n) is 8.66. The molecule has 1 aliphatic heterocycles. The molecule has 140 valence electrons. The van der Waals surface area contributed by atoms with Gasteiger partial charge in [-0.15, -0.1) is 0 Å². The quantitative estimate of drug-likeness (QED) is 0.844. The van der Waals surface area contributed by atoms with Gasteiger partial charge in [0, 0.05) is 38.2 Å². The lowest BCUT2D eigenvalue weighted by Crippen LogP contribution is -2.46. The van der Waals surface area contributed by atoms with Gasteiger partial charge in [0.25, 0.3) is 0 Å².